The van der Waals surface area contributed by atoms with Gasteiger partial charge in [0.15, 0.2) is 10.9 Å². The number of aliphatic hydroxyl groups is 1. The number of halogens is 3. The van der Waals surface area contributed by atoms with E-state index in [-0.39, 0.29) is 68.3 Å². The molecule has 2 heterocycles. The molecular formula is C56H69F3N6O11S2. The Balaban J connectivity index is 0.763. The minimum absolute atomic E-state index is 0.00570. The predicted octanol–water partition coefficient (Wildman–Crippen LogP) is 7.97. The van der Waals surface area contributed by atoms with Crippen LogP contribution in [0.1, 0.15) is 82.7 Å². The average molecular weight is 1120 g/mol. The number of benzene rings is 3. The minimum atomic E-state index is -4.80. The lowest BCUT2D eigenvalue weighted by Gasteiger charge is -2.33. The van der Waals surface area contributed by atoms with E-state index >= 15 is 0 Å². The smallest absolute Gasteiger partial charge is 0.417 e. The molecule has 6 rings (SSSR count). The highest BCUT2D eigenvalue weighted by Gasteiger charge is 2.51. The van der Waals surface area contributed by atoms with Crippen LogP contribution in [0.3, 0.4) is 0 Å². The zero-order valence-corrected chi connectivity index (χ0v) is 46.5. The summed E-state index contributed by atoms with van der Waals surface area (Å²) in [6.45, 7) is 14.3. The van der Waals surface area contributed by atoms with Gasteiger partial charge in [-0.2, -0.15) is 18.4 Å². The van der Waals surface area contributed by atoms with Crippen LogP contribution in [-0.2, 0) is 55.6 Å². The van der Waals surface area contributed by atoms with Crippen LogP contribution < -0.4 is 25.2 Å². The van der Waals surface area contributed by atoms with Crippen molar-refractivity contribution < 1.29 is 65.9 Å². The number of anilines is 2. The van der Waals surface area contributed by atoms with Crippen molar-refractivity contribution in [3.63, 3.8) is 0 Å². The van der Waals surface area contributed by atoms with E-state index in [0.717, 1.165) is 51.6 Å². The second-order valence-corrected chi connectivity index (χ2v) is 21.7. The molecule has 1 saturated heterocycles. The number of carbonyl (C=O) groups excluding carboxylic acids is 4. The van der Waals surface area contributed by atoms with E-state index in [2.05, 4.69) is 15.6 Å². The Kier molecular flexibility index (Phi) is 22.3. The van der Waals surface area contributed by atoms with Crippen molar-refractivity contribution in [1.29, 1.82) is 5.26 Å². The first-order valence-electron chi connectivity index (χ1n) is 25.8. The molecule has 1 saturated carbocycles. The minimum Gasteiger partial charge on any atom is -0.491 e. The Morgan fingerprint density at radius 2 is 1.42 bits per heavy atom. The van der Waals surface area contributed by atoms with Crippen molar-refractivity contribution in [2.75, 3.05) is 82.5 Å². The summed E-state index contributed by atoms with van der Waals surface area (Å²) in [5.41, 5.74) is 1.56. The second-order valence-electron chi connectivity index (χ2n) is 20.5. The molecule has 4 aromatic rings. The summed E-state index contributed by atoms with van der Waals surface area (Å²) in [6, 6.07) is 18.4. The number of carbonyl (C=O) groups is 4. The monoisotopic (exact) mass is 1120 g/mol. The molecule has 78 heavy (non-hydrogen) atoms. The van der Waals surface area contributed by atoms with Crippen LogP contribution in [-0.4, -0.2) is 129 Å². The molecule has 4 atom stereocenters. The molecular weight excluding hydrogens is 1050 g/mol. The number of hydrogen-bond acceptors (Lipinski definition) is 15. The number of nitrogens with zero attached hydrogens (tertiary/aromatic N) is 4. The summed E-state index contributed by atoms with van der Waals surface area (Å²) in [5, 5.41) is 25.5. The van der Waals surface area contributed by atoms with Gasteiger partial charge in [-0.05, 0) is 118 Å². The Labute approximate surface area is 462 Å². The molecule has 1 aromatic heterocycles. The molecule has 22 heteroatoms. The third-order valence-electron chi connectivity index (χ3n) is 13.2. The number of ether oxygens (including phenoxy) is 6. The standard InChI is InChI=1S/C56H69F3N6O11S2/c1-36-49(78-35-62-36)38-11-9-37(10-12-38)33-61-51(69)45-31-42(66)30-44(45)48(68)50(54(2,3)4)63-47(67)34-75-26-25-73-23-21-71-19-7-8-20-72-22-24-74-27-28-76-43-17-15-40(16-18-43)65-53(77)64(52(70)55(65,5)6)41-14-13-39(32-60)46(29-41)56(57,58)59/h9-18,29,35,42,44-45,50,66H,7-8,19-28,30-31,33-34H2,1-6H3,(H,61,69)(H,63,67)/t42?,44?,45-,50-/m1/s1. The van der Waals surface area contributed by atoms with Crippen molar-refractivity contribution in [3.8, 4) is 22.3 Å². The maximum absolute atomic E-state index is 14.0. The highest BCUT2D eigenvalue weighted by Crippen LogP contribution is 2.41. The fourth-order valence-corrected chi connectivity index (χ4v) is 10.5. The van der Waals surface area contributed by atoms with Gasteiger partial charge in [-0.25, -0.2) is 4.98 Å². The molecule has 17 nitrogen and oxygen atoms in total. The van der Waals surface area contributed by atoms with E-state index in [0.29, 0.717) is 57.7 Å². The van der Waals surface area contributed by atoms with Gasteiger partial charge < -0.3 is 49.1 Å². The third-order valence-corrected chi connectivity index (χ3v) is 14.6. The number of thiazole rings is 1. The average Bonchev–Trinajstić information content (AvgIpc) is 4.20. The van der Waals surface area contributed by atoms with E-state index in [1.165, 1.54) is 6.07 Å². The lowest BCUT2D eigenvalue weighted by Crippen LogP contribution is -2.53. The van der Waals surface area contributed by atoms with Crippen LogP contribution in [0.4, 0.5) is 24.5 Å². The topological polar surface area (TPSA) is 211 Å². The van der Waals surface area contributed by atoms with Crippen LogP contribution in [0.2, 0.25) is 0 Å². The van der Waals surface area contributed by atoms with E-state index in [1.54, 1.807) is 65.9 Å². The summed E-state index contributed by atoms with van der Waals surface area (Å²) in [7, 11) is 0. The molecule has 0 radical (unpaired) electrons. The fourth-order valence-electron chi connectivity index (χ4n) is 9.12. The first-order chi connectivity index (χ1) is 37.1. The van der Waals surface area contributed by atoms with Crippen molar-refractivity contribution in [3.05, 3.63) is 94.6 Å². The number of aryl methyl sites for hydroxylation is 1. The molecule has 2 fully saturated rings. The van der Waals surface area contributed by atoms with E-state index in [4.69, 9.17) is 40.6 Å². The number of amides is 3. The van der Waals surface area contributed by atoms with Gasteiger partial charge in [-0.15, -0.1) is 11.3 Å². The van der Waals surface area contributed by atoms with Gasteiger partial charge in [0.05, 0.1) is 103 Å². The predicted molar refractivity (Wildman–Crippen MR) is 291 cm³/mol. The molecule has 3 N–H and O–H groups in total. The molecule has 2 aliphatic rings. The zero-order valence-electron chi connectivity index (χ0n) is 44.8. The number of alkyl halides is 3. The maximum atomic E-state index is 14.0. The number of nitrogens with one attached hydrogen (secondary N) is 2. The molecule has 2 unspecified atom stereocenters. The largest absolute Gasteiger partial charge is 0.491 e. The van der Waals surface area contributed by atoms with Crippen molar-refractivity contribution in [2.24, 2.45) is 17.3 Å². The van der Waals surface area contributed by atoms with Gasteiger partial charge in [0.25, 0.3) is 5.91 Å². The summed E-state index contributed by atoms with van der Waals surface area (Å²) < 4.78 is 74.9. The van der Waals surface area contributed by atoms with Gasteiger partial charge in [0.1, 0.15) is 24.5 Å². The van der Waals surface area contributed by atoms with Gasteiger partial charge in [-0.1, -0.05) is 45.0 Å². The normalized spacial score (nSPS) is 17.8. The number of Topliss-reactive ketones (excluding diaryl/α,β-unsaturated/α-hetero) is 1. The van der Waals surface area contributed by atoms with E-state index < -0.39 is 64.1 Å². The van der Waals surface area contributed by atoms with Gasteiger partial charge in [0.2, 0.25) is 11.8 Å². The molecule has 3 aromatic carbocycles. The van der Waals surface area contributed by atoms with Crippen molar-refractivity contribution in [2.45, 2.75) is 97.6 Å². The summed E-state index contributed by atoms with van der Waals surface area (Å²) >= 11 is 7.18. The number of ketones is 1. The number of rotatable bonds is 29. The lowest BCUT2D eigenvalue weighted by molar-refractivity contribution is -0.138. The molecule has 1 aliphatic heterocycles. The van der Waals surface area contributed by atoms with Crippen molar-refractivity contribution in [1.82, 2.24) is 15.6 Å². The number of nitriles is 1. The Morgan fingerprint density at radius 3 is 2.00 bits per heavy atom. The highest BCUT2D eigenvalue weighted by atomic mass is 32.1. The Bertz CT molecular complexity index is 2710. The van der Waals surface area contributed by atoms with E-state index in [9.17, 15) is 42.7 Å². The Morgan fingerprint density at radius 1 is 0.846 bits per heavy atom. The lowest BCUT2D eigenvalue weighted by atomic mass is 9.77. The summed E-state index contributed by atoms with van der Waals surface area (Å²) in [4.78, 5) is 61.9. The first-order valence-corrected chi connectivity index (χ1v) is 27.1. The number of aromatic nitrogens is 1. The number of unbranched alkanes of at least 4 members (excludes halogenated alkanes) is 1. The molecule has 422 valence electrons. The van der Waals surface area contributed by atoms with Gasteiger partial charge in [-0.3, -0.25) is 24.1 Å². The molecule has 1 aliphatic carbocycles. The maximum Gasteiger partial charge on any atom is 0.417 e. The summed E-state index contributed by atoms with van der Waals surface area (Å²) in [5.74, 6) is -2.56. The van der Waals surface area contributed by atoms with Gasteiger partial charge in [0, 0.05) is 31.4 Å². The highest BCUT2D eigenvalue weighted by molar-refractivity contribution is 7.81. The summed E-state index contributed by atoms with van der Waals surface area (Å²) in [6.07, 6.45) is -3.74. The van der Waals surface area contributed by atoms with Crippen molar-refractivity contribution >= 4 is 63.5 Å². The number of hydrogen-bond donors (Lipinski definition) is 3. The van der Waals surface area contributed by atoms with Crippen LogP contribution in [0.15, 0.2) is 72.2 Å². The van der Waals surface area contributed by atoms with Gasteiger partial charge >= 0.3 is 6.18 Å². The second kappa shape index (κ2) is 28.3. The fraction of sp³-hybridized carbons (Fsp3) is 0.518. The molecule has 0 spiro atoms. The van der Waals surface area contributed by atoms with E-state index in [1.807, 2.05) is 52.0 Å². The third kappa shape index (κ3) is 16.6. The van der Waals surface area contributed by atoms with Crippen LogP contribution in [0.5, 0.6) is 5.75 Å². The molecule has 0 bridgehead atoms. The first kappa shape index (κ1) is 61.3. The van der Waals surface area contributed by atoms with Crippen LogP contribution >= 0.6 is 23.6 Å². The van der Waals surface area contributed by atoms with Crippen LogP contribution in [0.25, 0.3) is 10.4 Å². The molecule has 3 amide bonds. The Hall–Kier alpha value is -5.90. The zero-order chi connectivity index (χ0) is 56.6. The SMILES string of the molecule is Cc1ncsc1-c1ccc(CNC(=O)[C@@H]2CC(O)CC2C(=O)[C@@H](NC(=O)COCCOCCOCCCCOCCOCCOc2ccc(N3C(=S)N(c4ccc(C#N)c(C(F)(F)F)c4)C(=O)C3(C)C)cc2)C(C)(C)C)cc1. The quantitative estimate of drug-likeness (QED) is 0.0348. The number of thiocarbonyl (C=S) groups is 1. The number of aliphatic hydroxyl groups excluding tert-OH is 1. The van der Waals surface area contributed by atoms with Crippen LogP contribution in [0, 0.1) is 35.5 Å².